The lowest BCUT2D eigenvalue weighted by Crippen LogP contribution is -2.40. The van der Waals surface area contributed by atoms with Gasteiger partial charge in [-0.3, -0.25) is 14.4 Å². The van der Waals surface area contributed by atoms with Crippen molar-refractivity contribution in [1.29, 1.82) is 0 Å². The zero-order valence-corrected chi connectivity index (χ0v) is 17.9. The van der Waals surface area contributed by atoms with Crippen molar-refractivity contribution in [2.45, 2.75) is 90.6 Å². The molecule has 1 aromatic rings. The number of aliphatic hydroxyl groups excluding tert-OH is 1. The molecule has 0 aliphatic rings. The van der Waals surface area contributed by atoms with Gasteiger partial charge in [0.1, 0.15) is 17.8 Å². The zero-order valence-electron chi connectivity index (χ0n) is 17.9. The van der Waals surface area contributed by atoms with Crippen LogP contribution in [0.3, 0.4) is 0 Å². The number of aliphatic carboxylic acids is 1. The number of aryl methyl sites for hydroxylation is 1. The Hall–Kier alpha value is -2.01. The van der Waals surface area contributed by atoms with E-state index < -0.39 is 29.6 Å². The summed E-state index contributed by atoms with van der Waals surface area (Å²) in [4.78, 5) is 35.8. The monoisotopic (exact) mass is 404 g/mol. The number of unbranched alkanes of at least 4 members (excludes halogenated alkanes) is 7. The molecule has 0 saturated carbocycles. The fourth-order valence-corrected chi connectivity index (χ4v) is 3.47. The van der Waals surface area contributed by atoms with Gasteiger partial charge in [0.2, 0.25) is 0 Å². The highest BCUT2D eigenvalue weighted by Crippen LogP contribution is 2.17. The molecule has 162 valence electrons. The first-order valence-corrected chi connectivity index (χ1v) is 11.0. The van der Waals surface area contributed by atoms with E-state index in [0.717, 1.165) is 18.4 Å². The first-order valence-electron chi connectivity index (χ1n) is 11.0. The SMILES string of the molecule is CCCCCCCCCCc1ccc(C(=O)C(O)C(C(=O)O)C(=O)CCC)cc1. The van der Waals surface area contributed by atoms with Crippen molar-refractivity contribution in [2.75, 3.05) is 0 Å². The molecule has 5 heteroatoms. The van der Waals surface area contributed by atoms with Crippen LogP contribution in [-0.4, -0.2) is 33.9 Å². The number of hydrogen-bond donors (Lipinski definition) is 2. The van der Waals surface area contributed by atoms with E-state index in [1.165, 1.54) is 44.9 Å². The van der Waals surface area contributed by atoms with Gasteiger partial charge in [-0.25, -0.2) is 0 Å². The van der Waals surface area contributed by atoms with Crippen LogP contribution >= 0.6 is 0 Å². The molecular weight excluding hydrogens is 368 g/mol. The largest absolute Gasteiger partial charge is 0.481 e. The van der Waals surface area contributed by atoms with Crippen LogP contribution in [0, 0.1) is 5.92 Å². The molecule has 1 aromatic carbocycles. The molecule has 2 unspecified atom stereocenters. The Bertz CT molecular complexity index is 635. The highest BCUT2D eigenvalue weighted by molar-refractivity contribution is 6.08. The number of aliphatic hydroxyl groups is 1. The van der Waals surface area contributed by atoms with Gasteiger partial charge in [0.05, 0.1) is 0 Å². The van der Waals surface area contributed by atoms with E-state index in [1.54, 1.807) is 19.1 Å². The van der Waals surface area contributed by atoms with Crippen molar-refractivity contribution in [1.82, 2.24) is 0 Å². The minimum Gasteiger partial charge on any atom is -0.481 e. The van der Waals surface area contributed by atoms with Crippen LogP contribution in [0.1, 0.15) is 94.0 Å². The third-order valence-electron chi connectivity index (χ3n) is 5.25. The Morgan fingerprint density at radius 3 is 1.90 bits per heavy atom. The lowest BCUT2D eigenvalue weighted by atomic mass is 9.89. The van der Waals surface area contributed by atoms with Crippen LogP contribution in [0.25, 0.3) is 0 Å². The molecule has 0 amide bonds. The van der Waals surface area contributed by atoms with E-state index in [9.17, 15) is 24.6 Å². The second kappa shape index (κ2) is 14.0. The highest BCUT2D eigenvalue weighted by Gasteiger charge is 2.37. The number of Topliss-reactive ketones (excluding diaryl/α,β-unsaturated/α-hetero) is 2. The smallest absolute Gasteiger partial charge is 0.317 e. The van der Waals surface area contributed by atoms with Gasteiger partial charge >= 0.3 is 5.97 Å². The van der Waals surface area contributed by atoms with E-state index in [-0.39, 0.29) is 12.0 Å². The Kier molecular flexibility index (Phi) is 12.1. The van der Waals surface area contributed by atoms with Crippen molar-refractivity contribution in [2.24, 2.45) is 5.92 Å². The van der Waals surface area contributed by atoms with E-state index in [0.29, 0.717) is 6.42 Å². The van der Waals surface area contributed by atoms with Crippen molar-refractivity contribution in [3.05, 3.63) is 35.4 Å². The number of benzene rings is 1. The van der Waals surface area contributed by atoms with Gasteiger partial charge in [-0.2, -0.15) is 0 Å². The number of hydrogen-bond acceptors (Lipinski definition) is 4. The number of carbonyl (C=O) groups is 3. The maximum absolute atomic E-state index is 12.5. The van der Waals surface area contributed by atoms with E-state index in [2.05, 4.69) is 6.92 Å². The summed E-state index contributed by atoms with van der Waals surface area (Å²) in [5.41, 5.74) is 1.34. The molecule has 1 rings (SSSR count). The molecule has 0 spiro atoms. The van der Waals surface area contributed by atoms with Crippen LogP contribution in [0.2, 0.25) is 0 Å². The average Bonchev–Trinajstić information content (AvgIpc) is 2.70. The summed E-state index contributed by atoms with van der Waals surface area (Å²) in [6.07, 6.45) is 9.60. The summed E-state index contributed by atoms with van der Waals surface area (Å²) in [5.74, 6) is -4.51. The van der Waals surface area contributed by atoms with E-state index in [4.69, 9.17) is 0 Å². The minimum atomic E-state index is -1.86. The topological polar surface area (TPSA) is 91.7 Å². The molecule has 2 atom stereocenters. The van der Waals surface area contributed by atoms with E-state index >= 15 is 0 Å². The summed E-state index contributed by atoms with van der Waals surface area (Å²) in [5, 5.41) is 19.4. The maximum atomic E-state index is 12.5. The molecule has 0 aromatic heterocycles. The quantitative estimate of drug-likeness (QED) is 0.230. The molecule has 0 aliphatic heterocycles. The minimum absolute atomic E-state index is 0.0266. The summed E-state index contributed by atoms with van der Waals surface area (Å²) >= 11 is 0. The van der Waals surface area contributed by atoms with Gasteiger partial charge in [0.15, 0.2) is 5.78 Å². The van der Waals surface area contributed by atoms with Crippen molar-refractivity contribution < 1.29 is 24.6 Å². The number of carboxylic acids is 1. The van der Waals surface area contributed by atoms with Crippen LogP contribution in [0.15, 0.2) is 24.3 Å². The van der Waals surface area contributed by atoms with Crippen molar-refractivity contribution in [3.8, 4) is 0 Å². The van der Waals surface area contributed by atoms with Crippen molar-refractivity contribution in [3.63, 3.8) is 0 Å². The molecule has 0 bridgehead atoms. The lowest BCUT2D eigenvalue weighted by molar-refractivity contribution is -0.149. The van der Waals surface area contributed by atoms with Crippen LogP contribution in [0.4, 0.5) is 0 Å². The molecular formula is C24H36O5. The summed E-state index contributed by atoms with van der Waals surface area (Å²) in [7, 11) is 0. The molecule has 29 heavy (non-hydrogen) atoms. The number of carboxylic acid groups (broad SMARTS) is 1. The summed E-state index contributed by atoms with van der Waals surface area (Å²) < 4.78 is 0. The Balaban J connectivity index is 2.52. The Morgan fingerprint density at radius 2 is 1.38 bits per heavy atom. The van der Waals surface area contributed by atoms with Crippen molar-refractivity contribution >= 4 is 17.5 Å². The average molecular weight is 405 g/mol. The fourth-order valence-electron chi connectivity index (χ4n) is 3.47. The number of ketones is 2. The van der Waals surface area contributed by atoms with Crippen LogP contribution in [-0.2, 0) is 16.0 Å². The second-order valence-corrected chi connectivity index (χ2v) is 7.76. The van der Waals surface area contributed by atoms with E-state index in [1.807, 2.05) is 12.1 Å². The molecule has 0 fully saturated rings. The molecule has 0 heterocycles. The van der Waals surface area contributed by atoms with Crippen LogP contribution < -0.4 is 0 Å². The predicted molar refractivity (Wildman–Crippen MR) is 114 cm³/mol. The molecule has 0 saturated heterocycles. The molecule has 2 N–H and O–H groups in total. The highest BCUT2D eigenvalue weighted by atomic mass is 16.4. The standard InChI is InChI=1S/C24H36O5/c1-3-5-6-7-8-9-10-11-13-18-14-16-19(17-15-18)22(26)23(27)21(24(28)29)20(25)12-4-2/h14-17,21,23,27H,3-13H2,1-2H3,(H,28,29). The Labute approximate surface area is 174 Å². The summed E-state index contributed by atoms with van der Waals surface area (Å²) in [6.45, 7) is 3.96. The summed E-state index contributed by atoms with van der Waals surface area (Å²) in [6, 6.07) is 6.89. The van der Waals surface area contributed by atoms with Gasteiger partial charge < -0.3 is 10.2 Å². The Morgan fingerprint density at radius 1 is 0.828 bits per heavy atom. The van der Waals surface area contributed by atoms with Crippen LogP contribution in [0.5, 0.6) is 0 Å². The number of rotatable bonds is 16. The lowest BCUT2D eigenvalue weighted by Gasteiger charge is -2.17. The zero-order chi connectivity index (χ0) is 21.6. The fraction of sp³-hybridized carbons (Fsp3) is 0.625. The maximum Gasteiger partial charge on any atom is 0.317 e. The van der Waals surface area contributed by atoms with Gasteiger partial charge in [-0.05, 0) is 24.8 Å². The first-order chi connectivity index (χ1) is 13.9. The second-order valence-electron chi connectivity index (χ2n) is 7.76. The molecule has 0 aliphatic carbocycles. The third kappa shape index (κ3) is 8.90. The molecule has 5 nitrogen and oxygen atoms in total. The first kappa shape index (κ1) is 25.0. The number of carbonyl (C=O) groups excluding carboxylic acids is 2. The van der Waals surface area contributed by atoms with Gasteiger partial charge in [0.25, 0.3) is 0 Å². The van der Waals surface area contributed by atoms with Gasteiger partial charge in [-0.15, -0.1) is 0 Å². The normalized spacial score (nSPS) is 13.1. The molecule has 0 radical (unpaired) electrons. The van der Waals surface area contributed by atoms with Gasteiger partial charge in [-0.1, -0.05) is 83.1 Å². The third-order valence-corrected chi connectivity index (χ3v) is 5.25. The van der Waals surface area contributed by atoms with Gasteiger partial charge in [0, 0.05) is 12.0 Å². The predicted octanol–water partition coefficient (Wildman–Crippen LogP) is 4.98.